The maximum atomic E-state index is 12.1. The Bertz CT molecular complexity index is 487. The number of nitrogens with zero attached hydrogens (tertiary/aromatic N) is 3. The molecule has 1 aliphatic rings. The van der Waals surface area contributed by atoms with Crippen LogP contribution in [0.25, 0.3) is 0 Å². The second-order valence-electron chi connectivity index (χ2n) is 4.92. The van der Waals surface area contributed by atoms with E-state index >= 15 is 0 Å². The molecule has 1 aromatic heterocycles. The van der Waals surface area contributed by atoms with Crippen molar-refractivity contribution in [3.05, 3.63) is 23.9 Å². The van der Waals surface area contributed by atoms with Crippen LogP contribution in [0.3, 0.4) is 0 Å². The van der Waals surface area contributed by atoms with Crippen LogP contribution >= 0.6 is 0 Å². The van der Waals surface area contributed by atoms with Crippen molar-refractivity contribution in [2.45, 2.75) is 25.3 Å². The van der Waals surface area contributed by atoms with E-state index in [9.17, 15) is 4.79 Å². The van der Waals surface area contributed by atoms with E-state index in [1.165, 1.54) is 12.6 Å². The molecule has 6 heteroatoms. The van der Waals surface area contributed by atoms with Gasteiger partial charge in [0, 0.05) is 25.8 Å². The van der Waals surface area contributed by atoms with Crippen molar-refractivity contribution in [3.8, 4) is 6.07 Å². The summed E-state index contributed by atoms with van der Waals surface area (Å²) in [5, 5.41) is 11.7. The van der Waals surface area contributed by atoms with Gasteiger partial charge < -0.3 is 16.0 Å². The zero-order valence-corrected chi connectivity index (χ0v) is 11.4. The smallest absolute Gasteiger partial charge is 0.241 e. The van der Waals surface area contributed by atoms with Gasteiger partial charge in [0.15, 0.2) is 0 Å². The van der Waals surface area contributed by atoms with Crippen molar-refractivity contribution >= 4 is 11.7 Å². The first-order chi connectivity index (χ1) is 9.70. The quantitative estimate of drug-likeness (QED) is 0.842. The number of carbonyl (C=O) groups is 1. The minimum absolute atomic E-state index is 0.00848. The van der Waals surface area contributed by atoms with Gasteiger partial charge in [-0.2, -0.15) is 5.26 Å². The molecule has 0 spiro atoms. The number of nitriles is 1. The summed E-state index contributed by atoms with van der Waals surface area (Å²) in [5.41, 5.74) is 6.42. The van der Waals surface area contributed by atoms with Crippen LogP contribution in [0.2, 0.25) is 0 Å². The lowest BCUT2D eigenvalue weighted by molar-refractivity contribution is -0.133. The number of anilines is 1. The molecular weight excluding hydrogens is 254 g/mol. The van der Waals surface area contributed by atoms with E-state index in [0.29, 0.717) is 17.9 Å². The van der Waals surface area contributed by atoms with Crippen LogP contribution in [0.4, 0.5) is 5.82 Å². The molecule has 1 aliphatic heterocycles. The van der Waals surface area contributed by atoms with Crippen molar-refractivity contribution in [2.75, 3.05) is 25.0 Å². The average Bonchev–Trinajstić information content (AvgIpc) is 2.53. The largest absolute Gasteiger partial charge is 0.368 e. The van der Waals surface area contributed by atoms with Gasteiger partial charge in [0.1, 0.15) is 17.9 Å². The molecule has 0 aliphatic carbocycles. The maximum absolute atomic E-state index is 12.1. The maximum Gasteiger partial charge on any atom is 0.241 e. The van der Waals surface area contributed by atoms with Gasteiger partial charge >= 0.3 is 0 Å². The Morgan fingerprint density at radius 1 is 1.45 bits per heavy atom. The zero-order chi connectivity index (χ0) is 14.4. The van der Waals surface area contributed by atoms with E-state index in [1.54, 1.807) is 12.1 Å². The molecule has 6 nitrogen and oxygen atoms in total. The van der Waals surface area contributed by atoms with Crippen LogP contribution in [0.15, 0.2) is 18.3 Å². The highest BCUT2D eigenvalue weighted by atomic mass is 16.2. The SMILES string of the molecule is N#Cc1ccc(NCC(N)C(=O)N2CCCCC2)nc1. The molecule has 1 saturated heterocycles. The molecule has 0 radical (unpaired) electrons. The fourth-order valence-electron chi connectivity index (χ4n) is 2.22. The summed E-state index contributed by atoms with van der Waals surface area (Å²) in [6, 6.07) is 4.82. The first-order valence-electron chi connectivity index (χ1n) is 6.85. The topological polar surface area (TPSA) is 95.0 Å². The van der Waals surface area contributed by atoms with Gasteiger partial charge in [-0.3, -0.25) is 4.79 Å². The van der Waals surface area contributed by atoms with Gasteiger partial charge in [-0.15, -0.1) is 0 Å². The second kappa shape index (κ2) is 6.87. The highest BCUT2D eigenvalue weighted by molar-refractivity contribution is 5.82. The van der Waals surface area contributed by atoms with E-state index in [0.717, 1.165) is 25.9 Å². The first kappa shape index (κ1) is 14.3. The monoisotopic (exact) mass is 273 g/mol. The van der Waals surface area contributed by atoms with E-state index in [-0.39, 0.29) is 5.91 Å². The summed E-state index contributed by atoms with van der Waals surface area (Å²) in [4.78, 5) is 18.0. The fourth-order valence-corrected chi connectivity index (χ4v) is 2.22. The van der Waals surface area contributed by atoms with E-state index < -0.39 is 6.04 Å². The Morgan fingerprint density at radius 2 is 2.20 bits per heavy atom. The number of nitrogens with two attached hydrogens (primary N) is 1. The molecule has 0 aromatic carbocycles. The number of likely N-dealkylation sites (tertiary alicyclic amines) is 1. The standard InChI is InChI=1S/C14H19N5O/c15-8-11-4-5-13(17-9-11)18-10-12(16)14(20)19-6-2-1-3-7-19/h4-5,9,12H,1-3,6-7,10,16H2,(H,17,18). The molecule has 1 fully saturated rings. The van der Waals surface area contributed by atoms with Crippen LogP contribution in [-0.4, -0.2) is 41.5 Å². The van der Waals surface area contributed by atoms with Crippen LogP contribution in [0.5, 0.6) is 0 Å². The third-order valence-corrected chi connectivity index (χ3v) is 3.38. The Balaban J connectivity index is 1.82. The zero-order valence-electron chi connectivity index (χ0n) is 11.4. The van der Waals surface area contributed by atoms with E-state index in [2.05, 4.69) is 10.3 Å². The summed E-state index contributed by atoms with van der Waals surface area (Å²) < 4.78 is 0. The molecule has 2 rings (SSSR count). The van der Waals surface area contributed by atoms with Gasteiger partial charge in [0.05, 0.1) is 5.56 Å². The van der Waals surface area contributed by atoms with Gasteiger partial charge in [-0.1, -0.05) is 0 Å². The number of carbonyl (C=O) groups excluding carboxylic acids is 1. The van der Waals surface area contributed by atoms with Crippen molar-refractivity contribution in [2.24, 2.45) is 5.73 Å². The van der Waals surface area contributed by atoms with Gasteiger partial charge in [-0.25, -0.2) is 4.98 Å². The minimum Gasteiger partial charge on any atom is -0.368 e. The molecule has 3 N–H and O–H groups in total. The summed E-state index contributed by atoms with van der Waals surface area (Å²) in [6.07, 6.45) is 4.79. The molecule has 1 unspecified atom stereocenters. The Morgan fingerprint density at radius 3 is 2.80 bits per heavy atom. The molecule has 20 heavy (non-hydrogen) atoms. The van der Waals surface area contributed by atoms with Crippen molar-refractivity contribution < 1.29 is 4.79 Å². The van der Waals surface area contributed by atoms with E-state index in [4.69, 9.17) is 11.0 Å². The number of rotatable bonds is 4. The Hall–Kier alpha value is -2.13. The van der Waals surface area contributed by atoms with E-state index in [1.807, 2.05) is 11.0 Å². The van der Waals surface area contributed by atoms with Crippen molar-refractivity contribution in [1.82, 2.24) is 9.88 Å². The third-order valence-electron chi connectivity index (χ3n) is 3.38. The lowest BCUT2D eigenvalue weighted by atomic mass is 10.1. The van der Waals surface area contributed by atoms with Crippen molar-refractivity contribution in [3.63, 3.8) is 0 Å². The molecule has 1 atom stereocenters. The highest BCUT2D eigenvalue weighted by Gasteiger charge is 2.22. The summed E-state index contributed by atoms with van der Waals surface area (Å²) in [5.74, 6) is 0.608. The summed E-state index contributed by atoms with van der Waals surface area (Å²) in [6.45, 7) is 1.96. The lowest BCUT2D eigenvalue weighted by Crippen LogP contribution is -2.48. The predicted octanol–water partition coefficient (Wildman–Crippen LogP) is 0.705. The van der Waals surface area contributed by atoms with Gasteiger partial charge in [0.2, 0.25) is 5.91 Å². The number of pyridine rings is 1. The molecule has 0 saturated carbocycles. The number of nitrogens with one attached hydrogen (secondary N) is 1. The normalized spacial score (nSPS) is 16.3. The summed E-state index contributed by atoms with van der Waals surface area (Å²) >= 11 is 0. The van der Waals surface area contributed by atoms with Gasteiger partial charge in [-0.05, 0) is 31.4 Å². The van der Waals surface area contributed by atoms with Crippen LogP contribution in [-0.2, 0) is 4.79 Å². The molecular formula is C14H19N5O. The number of hydrogen-bond acceptors (Lipinski definition) is 5. The Kier molecular flexibility index (Phi) is 4.91. The highest BCUT2D eigenvalue weighted by Crippen LogP contribution is 2.10. The number of amides is 1. The molecule has 106 valence electrons. The lowest BCUT2D eigenvalue weighted by Gasteiger charge is -2.29. The van der Waals surface area contributed by atoms with Gasteiger partial charge in [0.25, 0.3) is 0 Å². The number of aromatic nitrogens is 1. The van der Waals surface area contributed by atoms with Crippen molar-refractivity contribution in [1.29, 1.82) is 5.26 Å². The molecule has 0 bridgehead atoms. The third kappa shape index (κ3) is 3.68. The van der Waals surface area contributed by atoms with Crippen LogP contribution < -0.4 is 11.1 Å². The van der Waals surface area contributed by atoms with Crippen LogP contribution in [0, 0.1) is 11.3 Å². The Labute approximate surface area is 118 Å². The minimum atomic E-state index is -0.564. The summed E-state index contributed by atoms with van der Waals surface area (Å²) in [7, 11) is 0. The average molecular weight is 273 g/mol. The van der Waals surface area contributed by atoms with Crippen LogP contribution in [0.1, 0.15) is 24.8 Å². The second-order valence-corrected chi connectivity index (χ2v) is 4.92. The predicted molar refractivity (Wildman–Crippen MR) is 75.8 cm³/mol. The molecule has 1 aromatic rings. The fraction of sp³-hybridized carbons (Fsp3) is 0.500. The number of piperidine rings is 1. The first-order valence-corrected chi connectivity index (χ1v) is 6.85. The molecule has 1 amide bonds. The molecule has 2 heterocycles. The number of hydrogen-bond donors (Lipinski definition) is 2.